The number of hydrogen-bond donors (Lipinski definition) is 11. The highest BCUT2D eigenvalue weighted by Gasteiger charge is 2.72. The number of aliphatic hydroxyl groups excluding tert-OH is 11. The molecule has 3 aliphatic heterocycles. The van der Waals surface area contributed by atoms with E-state index < -0.39 is 141 Å². The lowest BCUT2D eigenvalue weighted by Gasteiger charge is -2.71. The first-order chi connectivity index (χ1) is 32.2. The van der Waals surface area contributed by atoms with E-state index in [0.29, 0.717) is 32.1 Å². The molecule has 4 aliphatic carbocycles. The van der Waals surface area contributed by atoms with Crippen LogP contribution in [0.4, 0.5) is 0 Å². The topological polar surface area (TPSA) is 304 Å². The van der Waals surface area contributed by atoms with E-state index in [0.717, 1.165) is 38.2 Å². The summed E-state index contributed by atoms with van der Waals surface area (Å²) in [5.41, 5.74) is -1.19. The van der Waals surface area contributed by atoms with Crippen LogP contribution in [0.15, 0.2) is 11.6 Å². The van der Waals surface area contributed by atoms with Gasteiger partial charge in [0.05, 0.1) is 31.0 Å². The second-order valence-electron chi connectivity index (χ2n) is 23.5. The van der Waals surface area contributed by atoms with Crippen LogP contribution in [-0.2, 0) is 38.0 Å². The summed E-state index contributed by atoms with van der Waals surface area (Å²) >= 11 is 0. The van der Waals surface area contributed by atoms with E-state index in [9.17, 15) is 61.0 Å². The lowest BCUT2D eigenvalue weighted by atomic mass is 9.35. The van der Waals surface area contributed by atoms with Crippen molar-refractivity contribution in [3.63, 3.8) is 0 Å². The first-order valence-corrected chi connectivity index (χ1v) is 25.3. The number of ether oxygens (including phenoxy) is 7. The molecular weight excluding hydrogens is 905 g/mol. The predicted molar refractivity (Wildman–Crippen MR) is 243 cm³/mol. The Bertz CT molecular complexity index is 1800. The Balaban J connectivity index is 1.12. The van der Waals surface area contributed by atoms with Gasteiger partial charge < -0.3 is 89.3 Å². The number of aliphatic hydroxyl groups is 11. The summed E-state index contributed by atoms with van der Waals surface area (Å²) in [4.78, 5) is 11.5. The summed E-state index contributed by atoms with van der Waals surface area (Å²) in [5, 5.41) is 120. The van der Waals surface area contributed by atoms with Crippen molar-refractivity contribution in [1.29, 1.82) is 0 Å². The fourth-order valence-corrected chi connectivity index (χ4v) is 15.1. The van der Waals surface area contributed by atoms with Crippen LogP contribution in [0.25, 0.3) is 0 Å². The van der Waals surface area contributed by atoms with Gasteiger partial charge in [-0.3, -0.25) is 4.79 Å². The fourth-order valence-electron chi connectivity index (χ4n) is 15.1. The Morgan fingerprint density at radius 1 is 0.652 bits per heavy atom. The molecule has 7 aliphatic rings. The van der Waals surface area contributed by atoms with Crippen LogP contribution >= 0.6 is 0 Å². The van der Waals surface area contributed by atoms with Crippen molar-refractivity contribution < 1.29 is 94.1 Å². The first-order valence-electron chi connectivity index (χ1n) is 25.3. The second kappa shape index (κ2) is 20.7. The van der Waals surface area contributed by atoms with Crippen LogP contribution in [-0.4, -0.2) is 192 Å². The van der Waals surface area contributed by atoms with Gasteiger partial charge in [0.1, 0.15) is 79.9 Å². The summed E-state index contributed by atoms with van der Waals surface area (Å²) in [6.07, 6.45) is -15.8. The molecule has 19 nitrogen and oxygen atoms in total. The van der Waals surface area contributed by atoms with Gasteiger partial charge in [0.25, 0.3) is 0 Å². The average molecular weight is 989 g/mol. The number of carbonyl (C=O) groups is 1. The summed E-state index contributed by atoms with van der Waals surface area (Å²) < 4.78 is 42.5. The summed E-state index contributed by atoms with van der Waals surface area (Å²) in [6, 6.07) is 0. The number of rotatable bonds is 14. The highest BCUT2D eigenvalue weighted by Crippen LogP contribution is 2.76. The Hall–Kier alpha value is -1.47. The molecule has 11 N–H and O–H groups in total. The Kier molecular flexibility index (Phi) is 16.6. The normalized spacial score (nSPS) is 50.5. The van der Waals surface area contributed by atoms with Crippen LogP contribution in [0.5, 0.6) is 0 Å². The van der Waals surface area contributed by atoms with Crippen molar-refractivity contribution in [1.82, 2.24) is 0 Å². The lowest BCUT2D eigenvalue weighted by Crippen LogP contribution is -2.68. The molecule has 25 atom stereocenters. The second-order valence-corrected chi connectivity index (χ2v) is 23.5. The largest absolute Gasteiger partial charge is 0.463 e. The van der Waals surface area contributed by atoms with Gasteiger partial charge in [0.2, 0.25) is 0 Å². The molecule has 7 fully saturated rings. The maximum Gasteiger partial charge on any atom is 0.302 e. The standard InChI is InChI=1S/C50H84O19/c1-23(2)11-10-15-50(9,69-44-41(62)37(58)34(55)27(20-51)64-44)25-12-17-49(8)33(25)26(54)19-31-47(6)16-14-32(46(4,5)30(47)13-18-48(31,49)7)67-45-42(39(60)35(56)28(21-52)65-45)68-43-40(61)38(59)36(57)29(66-43)22-63-24(3)53/h11,25-45,51-52,54-62H,10,12-22H2,1-9H3/t25-,26+,27+,28+,29+,30-,31+,32-,33-,34+,35+,36+,37-,38-,39-,40+,41+,42+,43-,44-,45-,47-,48+,49+,50-/m0/s1. The number of fused-ring (bicyclic) bond motifs is 5. The Morgan fingerprint density at radius 3 is 1.83 bits per heavy atom. The van der Waals surface area contributed by atoms with E-state index in [2.05, 4.69) is 40.7 Å². The SMILES string of the molecule is CC(=O)OC[C@H]1O[C@@H](O[C@H]2[C@H](O[C@H]3CC[C@]4(C)[C@H]5C[C@@H](O)[C@@H]6[C@@H]([C@](C)(CCC=C(C)C)O[C@@H]7O[C@H](CO)[C@@H](O)[C@H](O)[C@H]7O)CC[C@@]6(C)[C@]5(C)CC[C@H]4C3(C)C)O[C@H](CO)[C@@H](O)[C@@H]2O)[C@H](O)[C@@H](O)[C@@H]1O. The first kappa shape index (κ1) is 55.3. The fraction of sp³-hybridized carbons (Fsp3) is 0.940. The van der Waals surface area contributed by atoms with Crippen LogP contribution in [0.3, 0.4) is 0 Å². The average Bonchev–Trinajstić information content (AvgIpc) is 3.67. The van der Waals surface area contributed by atoms with E-state index in [1.807, 2.05) is 20.8 Å². The van der Waals surface area contributed by atoms with Crippen molar-refractivity contribution in [2.24, 2.45) is 45.3 Å². The molecule has 69 heavy (non-hydrogen) atoms. The number of allylic oxidation sites excluding steroid dienone is 2. The molecule has 0 unspecified atom stereocenters. The van der Waals surface area contributed by atoms with Gasteiger partial charge in [0, 0.05) is 6.92 Å². The molecule has 398 valence electrons. The highest BCUT2D eigenvalue weighted by atomic mass is 16.8. The molecule has 7 rings (SSSR count). The molecule has 3 saturated heterocycles. The molecule has 4 saturated carbocycles. The molecular formula is C50H84O19. The van der Waals surface area contributed by atoms with Gasteiger partial charge in [-0.2, -0.15) is 0 Å². The maximum atomic E-state index is 12.7. The smallest absolute Gasteiger partial charge is 0.302 e. The molecule has 3 heterocycles. The predicted octanol–water partition coefficient (Wildman–Crippen LogP) is 0.544. The highest BCUT2D eigenvalue weighted by molar-refractivity contribution is 5.65. The quantitative estimate of drug-likeness (QED) is 0.0643. The molecule has 0 aromatic heterocycles. The monoisotopic (exact) mass is 989 g/mol. The van der Waals surface area contributed by atoms with E-state index in [-0.39, 0.29) is 39.9 Å². The van der Waals surface area contributed by atoms with Crippen LogP contribution < -0.4 is 0 Å². The lowest BCUT2D eigenvalue weighted by molar-refractivity contribution is -0.378. The third kappa shape index (κ3) is 9.75. The minimum absolute atomic E-state index is 0.0736. The maximum absolute atomic E-state index is 12.7. The van der Waals surface area contributed by atoms with Crippen molar-refractivity contribution in [2.75, 3.05) is 19.8 Å². The van der Waals surface area contributed by atoms with Gasteiger partial charge in [-0.25, -0.2) is 0 Å². The van der Waals surface area contributed by atoms with Crippen LogP contribution in [0.2, 0.25) is 0 Å². The van der Waals surface area contributed by atoms with E-state index >= 15 is 0 Å². The minimum atomic E-state index is -1.83. The van der Waals surface area contributed by atoms with Crippen molar-refractivity contribution in [2.45, 2.75) is 230 Å². The zero-order valence-corrected chi connectivity index (χ0v) is 41.9. The summed E-state index contributed by atoms with van der Waals surface area (Å²) in [7, 11) is 0. The molecule has 0 radical (unpaired) electrons. The minimum Gasteiger partial charge on any atom is -0.463 e. The van der Waals surface area contributed by atoms with Crippen molar-refractivity contribution >= 4 is 5.97 Å². The Labute approximate surface area is 406 Å². The molecule has 0 spiro atoms. The van der Waals surface area contributed by atoms with E-state index in [1.54, 1.807) is 0 Å². The van der Waals surface area contributed by atoms with Crippen molar-refractivity contribution in [3.05, 3.63) is 11.6 Å². The molecule has 0 amide bonds. The van der Waals surface area contributed by atoms with Crippen LogP contribution in [0, 0.1) is 45.3 Å². The third-order valence-corrected chi connectivity index (χ3v) is 19.1. The molecule has 0 aromatic rings. The van der Waals surface area contributed by atoms with E-state index in [4.69, 9.17) is 33.2 Å². The van der Waals surface area contributed by atoms with Gasteiger partial charge >= 0.3 is 5.97 Å². The summed E-state index contributed by atoms with van der Waals surface area (Å²) in [5.74, 6) is -0.869. The van der Waals surface area contributed by atoms with Gasteiger partial charge in [-0.05, 0) is 124 Å². The van der Waals surface area contributed by atoms with Gasteiger partial charge in [0.15, 0.2) is 18.9 Å². The van der Waals surface area contributed by atoms with Crippen molar-refractivity contribution in [3.8, 4) is 0 Å². The Morgan fingerprint density at radius 2 is 1.22 bits per heavy atom. The molecule has 0 bridgehead atoms. The zero-order valence-electron chi connectivity index (χ0n) is 41.9. The zero-order chi connectivity index (χ0) is 50.9. The van der Waals surface area contributed by atoms with Gasteiger partial charge in [-0.1, -0.05) is 46.3 Å². The molecule has 19 heteroatoms. The number of carbonyl (C=O) groups excluding carboxylic acids is 1. The van der Waals surface area contributed by atoms with E-state index in [1.165, 1.54) is 0 Å². The number of esters is 1. The van der Waals surface area contributed by atoms with Crippen LogP contribution in [0.1, 0.15) is 120 Å². The number of hydrogen-bond acceptors (Lipinski definition) is 19. The van der Waals surface area contributed by atoms with Gasteiger partial charge in [-0.15, -0.1) is 0 Å². The summed E-state index contributed by atoms with van der Waals surface area (Å²) in [6.45, 7) is 16.8. The molecule has 0 aromatic carbocycles. The third-order valence-electron chi connectivity index (χ3n) is 19.1.